The minimum absolute atomic E-state index is 0.293. The lowest BCUT2D eigenvalue weighted by Crippen LogP contribution is -2.34. The van der Waals surface area contributed by atoms with Crippen LogP contribution in [0.15, 0.2) is 18.6 Å². The minimum Gasteiger partial charge on any atom is -0.355 e. The Hall–Kier alpha value is -2.15. The molecule has 7 nitrogen and oxygen atoms in total. The molecule has 2 aliphatic heterocycles. The molecule has 0 radical (unpaired) electrons. The van der Waals surface area contributed by atoms with Crippen LogP contribution in [0.4, 0.5) is 17.5 Å². The first-order chi connectivity index (χ1) is 11.4. The summed E-state index contributed by atoms with van der Waals surface area (Å²) in [5.74, 6) is 1.65. The number of hydrogen-bond donors (Lipinski definition) is 2. The van der Waals surface area contributed by atoms with E-state index in [2.05, 4.69) is 46.4 Å². The van der Waals surface area contributed by atoms with Crippen LogP contribution >= 0.6 is 0 Å². The van der Waals surface area contributed by atoms with Crippen molar-refractivity contribution in [2.24, 2.45) is 17.9 Å². The van der Waals surface area contributed by atoms with Gasteiger partial charge in [0.2, 0.25) is 5.95 Å². The van der Waals surface area contributed by atoms with Crippen molar-refractivity contribution in [2.45, 2.75) is 20.8 Å². The fourth-order valence-corrected chi connectivity index (χ4v) is 4.01. The molecule has 0 aliphatic carbocycles. The summed E-state index contributed by atoms with van der Waals surface area (Å²) in [6.45, 7) is 11.1. The van der Waals surface area contributed by atoms with Gasteiger partial charge in [0.15, 0.2) is 0 Å². The maximum absolute atomic E-state index is 4.79. The van der Waals surface area contributed by atoms with Gasteiger partial charge in [0.05, 0.1) is 11.9 Å². The molecule has 2 aliphatic rings. The SMILES string of the molecule is Cc1cnc(Nc2cnn(C)c2)nc1N1C[C@]2(C)CNC[C@]2(C)C1. The number of rotatable bonds is 3. The highest BCUT2D eigenvalue weighted by molar-refractivity contribution is 5.56. The summed E-state index contributed by atoms with van der Waals surface area (Å²) >= 11 is 0. The van der Waals surface area contributed by atoms with Crippen LogP contribution in [-0.4, -0.2) is 45.9 Å². The minimum atomic E-state index is 0.293. The zero-order valence-corrected chi connectivity index (χ0v) is 14.8. The van der Waals surface area contributed by atoms with Crippen molar-refractivity contribution in [3.63, 3.8) is 0 Å². The Labute approximate surface area is 142 Å². The van der Waals surface area contributed by atoms with Gasteiger partial charge >= 0.3 is 0 Å². The van der Waals surface area contributed by atoms with E-state index in [0.717, 1.165) is 43.2 Å². The van der Waals surface area contributed by atoms with E-state index >= 15 is 0 Å². The molecule has 0 unspecified atom stereocenters. The van der Waals surface area contributed by atoms with Crippen molar-refractivity contribution in [3.05, 3.63) is 24.2 Å². The van der Waals surface area contributed by atoms with Crippen molar-refractivity contribution in [1.29, 1.82) is 0 Å². The lowest BCUT2D eigenvalue weighted by molar-refractivity contribution is 0.212. The lowest BCUT2D eigenvalue weighted by Gasteiger charge is -2.30. The molecule has 0 saturated carbocycles. The van der Waals surface area contributed by atoms with Crippen molar-refractivity contribution >= 4 is 17.5 Å². The molecule has 0 bridgehead atoms. The van der Waals surface area contributed by atoms with E-state index in [9.17, 15) is 0 Å². The molecule has 0 spiro atoms. The Morgan fingerprint density at radius 1 is 1.17 bits per heavy atom. The van der Waals surface area contributed by atoms with Crippen LogP contribution in [0.2, 0.25) is 0 Å². The molecule has 2 atom stereocenters. The van der Waals surface area contributed by atoms with E-state index in [1.807, 2.05) is 19.4 Å². The molecule has 0 amide bonds. The third kappa shape index (κ3) is 2.34. The Morgan fingerprint density at radius 3 is 2.50 bits per heavy atom. The molecule has 2 fully saturated rings. The third-order valence-electron chi connectivity index (χ3n) is 5.77. The maximum Gasteiger partial charge on any atom is 0.229 e. The zero-order valence-electron chi connectivity index (χ0n) is 14.8. The fraction of sp³-hybridized carbons (Fsp3) is 0.588. The summed E-state index contributed by atoms with van der Waals surface area (Å²) in [4.78, 5) is 11.6. The van der Waals surface area contributed by atoms with Crippen LogP contribution in [0.5, 0.6) is 0 Å². The van der Waals surface area contributed by atoms with E-state index in [4.69, 9.17) is 4.98 Å². The van der Waals surface area contributed by atoms with E-state index in [0.29, 0.717) is 16.8 Å². The molecule has 128 valence electrons. The first-order valence-corrected chi connectivity index (χ1v) is 8.44. The quantitative estimate of drug-likeness (QED) is 0.894. The molecule has 2 aromatic rings. The van der Waals surface area contributed by atoms with Crippen LogP contribution in [0, 0.1) is 17.8 Å². The molecular formula is C17H25N7. The Balaban J connectivity index is 1.61. The summed E-state index contributed by atoms with van der Waals surface area (Å²) in [6.07, 6.45) is 5.59. The summed E-state index contributed by atoms with van der Waals surface area (Å²) in [7, 11) is 1.89. The summed E-state index contributed by atoms with van der Waals surface area (Å²) < 4.78 is 1.76. The molecule has 24 heavy (non-hydrogen) atoms. The number of anilines is 3. The van der Waals surface area contributed by atoms with E-state index in [1.165, 1.54) is 0 Å². The van der Waals surface area contributed by atoms with E-state index in [-0.39, 0.29) is 0 Å². The molecule has 4 rings (SSSR count). The maximum atomic E-state index is 4.79. The number of aromatic nitrogens is 4. The van der Waals surface area contributed by atoms with Gasteiger partial charge in [0.1, 0.15) is 5.82 Å². The highest BCUT2D eigenvalue weighted by Gasteiger charge is 2.55. The van der Waals surface area contributed by atoms with Gasteiger partial charge in [-0.2, -0.15) is 10.1 Å². The smallest absolute Gasteiger partial charge is 0.229 e. The van der Waals surface area contributed by atoms with E-state index in [1.54, 1.807) is 10.9 Å². The Kier molecular flexibility index (Phi) is 3.32. The van der Waals surface area contributed by atoms with Crippen molar-refractivity contribution < 1.29 is 0 Å². The highest BCUT2D eigenvalue weighted by Crippen LogP contribution is 2.49. The van der Waals surface area contributed by atoms with Crippen LogP contribution in [0.1, 0.15) is 19.4 Å². The second kappa shape index (κ2) is 5.17. The van der Waals surface area contributed by atoms with Gasteiger partial charge in [-0.3, -0.25) is 4.68 Å². The molecule has 2 aromatic heterocycles. The normalized spacial score (nSPS) is 29.1. The highest BCUT2D eigenvalue weighted by atomic mass is 15.3. The van der Waals surface area contributed by atoms with Gasteiger partial charge in [-0.25, -0.2) is 4.98 Å². The summed E-state index contributed by atoms with van der Waals surface area (Å²) in [5, 5.41) is 11.0. The number of fused-ring (bicyclic) bond motifs is 1. The number of aryl methyl sites for hydroxylation is 2. The Bertz CT molecular complexity index is 752. The van der Waals surface area contributed by atoms with Gasteiger partial charge in [-0.05, 0) is 6.92 Å². The average molecular weight is 327 g/mol. The summed E-state index contributed by atoms with van der Waals surface area (Å²) in [6, 6.07) is 0. The largest absolute Gasteiger partial charge is 0.355 e. The van der Waals surface area contributed by atoms with Crippen molar-refractivity contribution in [1.82, 2.24) is 25.1 Å². The fourth-order valence-electron chi connectivity index (χ4n) is 4.01. The van der Waals surface area contributed by atoms with E-state index < -0.39 is 0 Å². The monoisotopic (exact) mass is 327 g/mol. The first kappa shape index (κ1) is 15.4. The molecule has 2 N–H and O–H groups in total. The third-order valence-corrected chi connectivity index (χ3v) is 5.77. The molecule has 2 saturated heterocycles. The number of nitrogens with zero attached hydrogens (tertiary/aromatic N) is 5. The second-order valence-corrected chi connectivity index (χ2v) is 7.81. The zero-order chi connectivity index (χ0) is 16.9. The first-order valence-electron chi connectivity index (χ1n) is 8.44. The van der Waals surface area contributed by atoms with Crippen LogP contribution in [0.3, 0.4) is 0 Å². The topological polar surface area (TPSA) is 70.9 Å². The number of hydrogen-bond acceptors (Lipinski definition) is 6. The predicted molar refractivity (Wildman–Crippen MR) is 94.6 cm³/mol. The van der Waals surface area contributed by atoms with Crippen LogP contribution in [-0.2, 0) is 7.05 Å². The Morgan fingerprint density at radius 2 is 1.88 bits per heavy atom. The van der Waals surface area contributed by atoms with Gasteiger partial charge in [-0.1, -0.05) is 13.8 Å². The molecular weight excluding hydrogens is 302 g/mol. The molecule has 4 heterocycles. The number of nitrogens with one attached hydrogen (secondary N) is 2. The van der Waals surface area contributed by atoms with Crippen molar-refractivity contribution in [2.75, 3.05) is 36.4 Å². The van der Waals surface area contributed by atoms with Crippen molar-refractivity contribution in [3.8, 4) is 0 Å². The average Bonchev–Trinajstić information content (AvgIpc) is 3.11. The molecule has 0 aromatic carbocycles. The standard InChI is InChI=1S/C17H25N7/c1-12-5-19-15(21-13-6-20-23(4)7-13)22-14(12)24-10-16(2)8-18-9-17(16,3)11-24/h5-7,18H,8-11H2,1-4H3,(H,19,21,22)/t16-,17+. The molecule has 7 heteroatoms. The van der Waals surface area contributed by atoms with Crippen LogP contribution < -0.4 is 15.5 Å². The second-order valence-electron chi connectivity index (χ2n) is 7.81. The predicted octanol–water partition coefficient (Wildman–Crippen LogP) is 1.70. The summed E-state index contributed by atoms with van der Waals surface area (Å²) in [5.41, 5.74) is 2.60. The van der Waals surface area contributed by atoms with Crippen LogP contribution in [0.25, 0.3) is 0 Å². The van der Waals surface area contributed by atoms with Gasteiger partial charge in [-0.15, -0.1) is 0 Å². The lowest BCUT2D eigenvalue weighted by atomic mass is 9.71. The van der Waals surface area contributed by atoms with Gasteiger partial charge in [0, 0.05) is 62.0 Å². The van der Waals surface area contributed by atoms with Gasteiger partial charge in [0.25, 0.3) is 0 Å². The van der Waals surface area contributed by atoms with Gasteiger partial charge < -0.3 is 15.5 Å².